The van der Waals surface area contributed by atoms with Gasteiger partial charge in [0.15, 0.2) is 11.5 Å². The number of carbonyl (C=O) groups excluding carboxylic acids is 1. The van der Waals surface area contributed by atoms with E-state index in [1.54, 1.807) is 19.2 Å². The number of methoxy groups -OCH3 is 1. The lowest BCUT2D eigenvalue weighted by Crippen LogP contribution is -2.36. The van der Waals surface area contributed by atoms with Crippen LogP contribution in [0.2, 0.25) is 0 Å². The summed E-state index contributed by atoms with van der Waals surface area (Å²) >= 11 is 0. The highest BCUT2D eigenvalue weighted by molar-refractivity contribution is 5.96. The largest absolute Gasteiger partial charge is 0.493 e. The zero-order chi connectivity index (χ0) is 15.7. The fraction of sp³-hybridized carbons (Fsp3) is 0.588. The van der Waals surface area contributed by atoms with Gasteiger partial charge in [-0.05, 0) is 30.9 Å². The first-order valence-electron chi connectivity index (χ1n) is 7.88. The van der Waals surface area contributed by atoms with Crippen molar-refractivity contribution in [2.45, 2.75) is 32.7 Å². The topological polar surface area (TPSA) is 48.0 Å². The van der Waals surface area contributed by atoms with Gasteiger partial charge < -0.3 is 19.1 Å². The molecule has 1 aliphatic heterocycles. The van der Waals surface area contributed by atoms with Gasteiger partial charge in [-0.3, -0.25) is 4.79 Å². The second kappa shape index (κ2) is 6.07. The van der Waals surface area contributed by atoms with Crippen LogP contribution in [0.1, 0.15) is 37.0 Å². The van der Waals surface area contributed by atoms with Crippen LogP contribution in [0.15, 0.2) is 12.1 Å². The Kier molecular flexibility index (Phi) is 4.14. The molecule has 0 unspecified atom stereocenters. The van der Waals surface area contributed by atoms with E-state index in [4.69, 9.17) is 14.2 Å². The summed E-state index contributed by atoms with van der Waals surface area (Å²) < 4.78 is 16.6. The first-order valence-corrected chi connectivity index (χ1v) is 7.88. The van der Waals surface area contributed by atoms with E-state index in [-0.39, 0.29) is 5.91 Å². The molecule has 5 nitrogen and oxygen atoms in total. The molecule has 0 bridgehead atoms. The smallest absolute Gasteiger partial charge is 0.254 e. The Morgan fingerprint density at radius 3 is 2.68 bits per heavy atom. The van der Waals surface area contributed by atoms with Crippen molar-refractivity contribution in [2.75, 3.05) is 26.9 Å². The van der Waals surface area contributed by atoms with Crippen LogP contribution in [-0.4, -0.2) is 43.7 Å². The van der Waals surface area contributed by atoms with Crippen molar-refractivity contribution in [3.05, 3.63) is 17.7 Å². The number of amides is 1. The summed E-state index contributed by atoms with van der Waals surface area (Å²) in [6.45, 7) is 6.03. The van der Waals surface area contributed by atoms with Crippen LogP contribution in [0, 0.1) is 5.92 Å². The van der Waals surface area contributed by atoms with E-state index in [1.807, 2.05) is 4.90 Å². The second-order valence-corrected chi connectivity index (χ2v) is 6.29. The minimum absolute atomic E-state index is 0.0477. The van der Waals surface area contributed by atoms with Gasteiger partial charge in [-0.25, -0.2) is 0 Å². The molecule has 5 heteroatoms. The Balaban J connectivity index is 1.91. The lowest BCUT2D eigenvalue weighted by molar-refractivity contribution is 0.0720. The predicted octanol–water partition coefficient (Wildman–Crippen LogP) is 2.73. The van der Waals surface area contributed by atoms with Gasteiger partial charge in [0.25, 0.3) is 5.91 Å². The maximum atomic E-state index is 12.9. The third kappa shape index (κ3) is 2.98. The molecule has 1 aromatic rings. The first kappa shape index (κ1) is 15.0. The van der Waals surface area contributed by atoms with Crippen LogP contribution < -0.4 is 14.2 Å². The van der Waals surface area contributed by atoms with E-state index < -0.39 is 0 Å². The van der Waals surface area contributed by atoms with E-state index >= 15 is 0 Å². The number of fused-ring (bicyclic) bond motifs is 1. The summed E-state index contributed by atoms with van der Waals surface area (Å²) in [5.74, 6) is 2.23. The number of hydrogen-bond donors (Lipinski definition) is 0. The van der Waals surface area contributed by atoms with Gasteiger partial charge in [-0.15, -0.1) is 0 Å². The summed E-state index contributed by atoms with van der Waals surface area (Å²) in [5.41, 5.74) is 0.605. The van der Waals surface area contributed by atoms with Gasteiger partial charge in [0.1, 0.15) is 13.2 Å². The molecule has 0 spiro atoms. The predicted molar refractivity (Wildman–Crippen MR) is 82.9 cm³/mol. The number of nitrogens with zero attached hydrogens (tertiary/aromatic N) is 1. The van der Waals surface area contributed by atoms with Crippen molar-refractivity contribution in [1.82, 2.24) is 4.90 Å². The quantitative estimate of drug-likeness (QED) is 0.839. The summed E-state index contributed by atoms with van der Waals surface area (Å²) in [7, 11) is 1.58. The van der Waals surface area contributed by atoms with Gasteiger partial charge in [0.05, 0.1) is 7.11 Å². The Hall–Kier alpha value is -1.91. The Bertz CT molecular complexity index is 549. The third-order valence-corrected chi connectivity index (χ3v) is 3.89. The molecule has 1 heterocycles. The summed E-state index contributed by atoms with van der Waals surface area (Å²) in [4.78, 5) is 14.9. The van der Waals surface area contributed by atoms with Crippen LogP contribution in [-0.2, 0) is 0 Å². The highest BCUT2D eigenvalue weighted by Gasteiger charge is 2.34. The van der Waals surface area contributed by atoms with Crippen LogP contribution >= 0.6 is 0 Å². The number of rotatable bonds is 5. The number of ether oxygens (including phenoxy) is 3. The van der Waals surface area contributed by atoms with E-state index in [1.165, 1.54) is 0 Å². The molecule has 22 heavy (non-hydrogen) atoms. The Morgan fingerprint density at radius 2 is 2.05 bits per heavy atom. The normalized spacial score (nSPS) is 16.5. The average molecular weight is 305 g/mol. The van der Waals surface area contributed by atoms with E-state index in [9.17, 15) is 4.79 Å². The molecular formula is C17H23NO4. The van der Waals surface area contributed by atoms with Gasteiger partial charge in [0, 0.05) is 18.2 Å². The maximum absolute atomic E-state index is 12.9. The van der Waals surface area contributed by atoms with Crippen molar-refractivity contribution in [2.24, 2.45) is 5.92 Å². The van der Waals surface area contributed by atoms with Crippen molar-refractivity contribution < 1.29 is 19.0 Å². The zero-order valence-electron chi connectivity index (χ0n) is 13.4. The van der Waals surface area contributed by atoms with Gasteiger partial charge in [0.2, 0.25) is 5.75 Å². The monoisotopic (exact) mass is 305 g/mol. The molecule has 120 valence electrons. The average Bonchev–Trinajstić information content (AvgIpc) is 3.35. The van der Waals surface area contributed by atoms with Gasteiger partial charge in [-0.2, -0.15) is 0 Å². The maximum Gasteiger partial charge on any atom is 0.254 e. The van der Waals surface area contributed by atoms with Crippen molar-refractivity contribution in [1.29, 1.82) is 0 Å². The van der Waals surface area contributed by atoms with Crippen LogP contribution in [0.25, 0.3) is 0 Å². The molecule has 0 N–H and O–H groups in total. The molecule has 0 aromatic heterocycles. The van der Waals surface area contributed by atoms with Crippen molar-refractivity contribution in [3.8, 4) is 17.2 Å². The molecule has 3 rings (SSSR count). The van der Waals surface area contributed by atoms with E-state index in [2.05, 4.69) is 13.8 Å². The van der Waals surface area contributed by atoms with Crippen LogP contribution in [0.5, 0.6) is 17.2 Å². The third-order valence-electron chi connectivity index (χ3n) is 3.89. The molecule has 2 aliphatic rings. The molecule has 1 aromatic carbocycles. The molecule has 0 atom stereocenters. The highest BCUT2D eigenvalue weighted by Crippen LogP contribution is 2.41. The molecule has 0 saturated heterocycles. The molecule has 0 radical (unpaired) electrons. The summed E-state index contributed by atoms with van der Waals surface area (Å²) in [5, 5.41) is 0. The van der Waals surface area contributed by atoms with Crippen LogP contribution in [0.4, 0.5) is 0 Å². The highest BCUT2D eigenvalue weighted by atomic mass is 16.6. The molecule has 1 amide bonds. The van der Waals surface area contributed by atoms with Crippen LogP contribution in [0.3, 0.4) is 0 Å². The number of benzene rings is 1. The van der Waals surface area contributed by atoms with Crippen molar-refractivity contribution >= 4 is 5.91 Å². The molecular weight excluding hydrogens is 282 g/mol. The fourth-order valence-electron chi connectivity index (χ4n) is 2.74. The second-order valence-electron chi connectivity index (χ2n) is 6.29. The molecule has 1 aliphatic carbocycles. The number of hydrogen-bond acceptors (Lipinski definition) is 4. The van der Waals surface area contributed by atoms with E-state index in [0.29, 0.717) is 48.0 Å². The molecule has 1 fully saturated rings. The zero-order valence-corrected chi connectivity index (χ0v) is 13.4. The van der Waals surface area contributed by atoms with Crippen molar-refractivity contribution in [3.63, 3.8) is 0 Å². The lowest BCUT2D eigenvalue weighted by atomic mass is 10.1. The minimum atomic E-state index is 0.0477. The molecule has 1 saturated carbocycles. The summed E-state index contributed by atoms with van der Waals surface area (Å²) in [6, 6.07) is 3.91. The first-order chi connectivity index (χ1) is 10.6. The minimum Gasteiger partial charge on any atom is -0.493 e. The summed E-state index contributed by atoms with van der Waals surface area (Å²) in [6.07, 6.45) is 2.19. The van der Waals surface area contributed by atoms with E-state index in [0.717, 1.165) is 19.4 Å². The SMILES string of the molecule is COc1cc(C(=O)N(CC(C)C)C2CC2)cc2c1OCCO2. The fourth-order valence-corrected chi connectivity index (χ4v) is 2.74. The van der Waals surface area contributed by atoms with Gasteiger partial charge in [-0.1, -0.05) is 13.8 Å². The standard InChI is InChI=1S/C17H23NO4/c1-11(2)10-18(13-4-5-13)17(19)12-8-14(20-3)16-15(9-12)21-6-7-22-16/h8-9,11,13H,4-7,10H2,1-3H3. The number of carbonyl (C=O) groups is 1. The Labute approximate surface area is 131 Å². The Morgan fingerprint density at radius 1 is 1.32 bits per heavy atom. The lowest BCUT2D eigenvalue weighted by Gasteiger charge is -2.26. The van der Waals surface area contributed by atoms with Gasteiger partial charge >= 0.3 is 0 Å².